The molecule has 0 aromatic heterocycles. The Morgan fingerprint density at radius 1 is 1.30 bits per heavy atom. The molecule has 0 spiro atoms. The minimum absolute atomic E-state index is 0.426. The molecule has 0 saturated carbocycles. The van der Waals surface area contributed by atoms with Gasteiger partial charge in [0.05, 0.1) is 7.11 Å². The molecular formula is C18H27NO. The van der Waals surface area contributed by atoms with Gasteiger partial charge in [0.2, 0.25) is 0 Å². The molecule has 1 aliphatic rings. The highest BCUT2D eigenvalue weighted by molar-refractivity contribution is 5.37. The second-order valence-electron chi connectivity index (χ2n) is 5.65. The van der Waals surface area contributed by atoms with Crippen molar-refractivity contribution in [2.75, 3.05) is 13.7 Å². The second kappa shape index (κ2) is 7.49. The molecular weight excluding hydrogens is 246 g/mol. The van der Waals surface area contributed by atoms with E-state index in [0.29, 0.717) is 6.04 Å². The zero-order valence-electron chi connectivity index (χ0n) is 13.0. The highest BCUT2D eigenvalue weighted by Gasteiger charge is 2.16. The third-order valence-corrected chi connectivity index (χ3v) is 4.15. The highest BCUT2D eigenvalue weighted by atomic mass is 16.5. The van der Waals surface area contributed by atoms with Gasteiger partial charge in [0.15, 0.2) is 0 Å². The van der Waals surface area contributed by atoms with Gasteiger partial charge in [-0.15, -0.1) is 0 Å². The molecule has 0 bridgehead atoms. The number of benzene rings is 1. The van der Waals surface area contributed by atoms with Crippen LogP contribution in [0.4, 0.5) is 0 Å². The molecule has 1 N–H and O–H groups in total. The molecule has 1 aliphatic carbocycles. The fraction of sp³-hybridized carbons (Fsp3) is 0.556. The van der Waals surface area contributed by atoms with Crippen LogP contribution >= 0.6 is 0 Å². The van der Waals surface area contributed by atoms with Crippen molar-refractivity contribution < 1.29 is 4.74 Å². The van der Waals surface area contributed by atoms with Crippen LogP contribution in [0.3, 0.4) is 0 Å². The van der Waals surface area contributed by atoms with Crippen LogP contribution in [0.25, 0.3) is 0 Å². The minimum Gasteiger partial charge on any atom is -0.497 e. The van der Waals surface area contributed by atoms with Gasteiger partial charge < -0.3 is 10.1 Å². The van der Waals surface area contributed by atoms with Crippen molar-refractivity contribution in [3.63, 3.8) is 0 Å². The number of hydrogen-bond donors (Lipinski definition) is 1. The first-order valence-corrected chi connectivity index (χ1v) is 7.80. The molecule has 2 rings (SSSR count). The lowest BCUT2D eigenvalue weighted by Gasteiger charge is -2.23. The fourth-order valence-electron chi connectivity index (χ4n) is 3.06. The van der Waals surface area contributed by atoms with Crippen molar-refractivity contribution in [3.8, 4) is 5.75 Å². The summed E-state index contributed by atoms with van der Waals surface area (Å²) in [6.45, 7) is 5.36. The van der Waals surface area contributed by atoms with Crippen LogP contribution in [0.15, 0.2) is 29.8 Å². The van der Waals surface area contributed by atoms with Gasteiger partial charge >= 0.3 is 0 Å². The molecule has 0 fully saturated rings. The lowest BCUT2D eigenvalue weighted by atomic mass is 9.90. The van der Waals surface area contributed by atoms with Crippen molar-refractivity contribution in [2.45, 2.75) is 52.0 Å². The van der Waals surface area contributed by atoms with Gasteiger partial charge in [-0.3, -0.25) is 0 Å². The molecule has 0 amide bonds. The van der Waals surface area contributed by atoms with Crippen molar-refractivity contribution in [1.82, 2.24) is 5.32 Å². The molecule has 0 saturated heterocycles. The average Bonchev–Trinajstić information content (AvgIpc) is 2.48. The van der Waals surface area contributed by atoms with Gasteiger partial charge in [-0.1, -0.05) is 24.6 Å². The fourth-order valence-corrected chi connectivity index (χ4v) is 3.06. The summed E-state index contributed by atoms with van der Waals surface area (Å²) in [5, 5.41) is 3.64. The number of allylic oxidation sites excluding steroid dienone is 1. The maximum atomic E-state index is 5.31. The number of rotatable bonds is 6. The molecule has 2 heteroatoms. The van der Waals surface area contributed by atoms with Crippen LogP contribution in [0, 0.1) is 6.92 Å². The van der Waals surface area contributed by atoms with E-state index in [2.05, 4.69) is 43.4 Å². The molecule has 20 heavy (non-hydrogen) atoms. The monoisotopic (exact) mass is 273 g/mol. The molecule has 0 aliphatic heterocycles. The number of aryl methyl sites for hydroxylation is 1. The predicted octanol–water partition coefficient (Wildman–Crippen LogP) is 4.54. The highest BCUT2D eigenvalue weighted by Crippen LogP contribution is 2.30. The SMILES string of the molecule is CCNC(CC1=CCCCC1)c1ccc(OC)cc1C. The van der Waals surface area contributed by atoms with E-state index in [1.807, 2.05) is 0 Å². The van der Waals surface area contributed by atoms with Crippen LogP contribution in [-0.4, -0.2) is 13.7 Å². The van der Waals surface area contributed by atoms with Gasteiger partial charge in [-0.05, 0) is 68.8 Å². The Labute approximate surface area is 123 Å². The summed E-state index contributed by atoms with van der Waals surface area (Å²) in [6, 6.07) is 6.84. The topological polar surface area (TPSA) is 21.3 Å². The second-order valence-corrected chi connectivity index (χ2v) is 5.65. The smallest absolute Gasteiger partial charge is 0.119 e. The average molecular weight is 273 g/mol. The molecule has 0 radical (unpaired) electrons. The number of methoxy groups -OCH3 is 1. The van der Waals surface area contributed by atoms with Gasteiger partial charge in [0.1, 0.15) is 5.75 Å². The predicted molar refractivity (Wildman–Crippen MR) is 85.3 cm³/mol. The maximum absolute atomic E-state index is 5.31. The summed E-state index contributed by atoms with van der Waals surface area (Å²) in [7, 11) is 1.73. The molecule has 110 valence electrons. The zero-order valence-corrected chi connectivity index (χ0v) is 13.0. The first kappa shape index (κ1) is 15.1. The lowest BCUT2D eigenvalue weighted by molar-refractivity contribution is 0.413. The normalized spacial score (nSPS) is 16.6. The van der Waals surface area contributed by atoms with Crippen LogP contribution in [0.1, 0.15) is 56.2 Å². The molecule has 1 atom stereocenters. The van der Waals surface area contributed by atoms with E-state index in [1.165, 1.54) is 36.8 Å². The van der Waals surface area contributed by atoms with E-state index in [0.717, 1.165) is 18.7 Å². The van der Waals surface area contributed by atoms with Gasteiger partial charge in [0, 0.05) is 6.04 Å². The van der Waals surface area contributed by atoms with E-state index in [-0.39, 0.29) is 0 Å². The van der Waals surface area contributed by atoms with Gasteiger partial charge in [0.25, 0.3) is 0 Å². The van der Waals surface area contributed by atoms with Gasteiger partial charge in [-0.25, -0.2) is 0 Å². The summed E-state index contributed by atoms with van der Waals surface area (Å²) < 4.78 is 5.31. The van der Waals surface area contributed by atoms with Crippen LogP contribution in [-0.2, 0) is 0 Å². The summed E-state index contributed by atoms with van der Waals surface area (Å²) in [6.07, 6.45) is 8.84. The van der Waals surface area contributed by atoms with Crippen LogP contribution in [0.2, 0.25) is 0 Å². The molecule has 1 aromatic carbocycles. The molecule has 1 unspecified atom stereocenters. The summed E-state index contributed by atoms with van der Waals surface area (Å²) in [4.78, 5) is 0. The standard InChI is InChI=1S/C18H27NO/c1-4-19-18(13-15-8-6-5-7-9-15)17-11-10-16(20-3)12-14(17)2/h8,10-12,18-19H,4-7,9,13H2,1-3H3. The summed E-state index contributed by atoms with van der Waals surface area (Å²) in [5.41, 5.74) is 4.34. The number of nitrogens with one attached hydrogen (secondary N) is 1. The number of hydrogen-bond acceptors (Lipinski definition) is 2. The summed E-state index contributed by atoms with van der Waals surface area (Å²) >= 11 is 0. The Balaban J connectivity index is 2.16. The zero-order chi connectivity index (χ0) is 14.4. The largest absolute Gasteiger partial charge is 0.497 e. The minimum atomic E-state index is 0.426. The first-order chi connectivity index (χ1) is 9.74. The van der Waals surface area contributed by atoms with E-state index in [4.69, 9.17) is 4.74 Å². The van der Waals surface area contributed by atoms with Crippen molar-refractivity contribution in [2.24, 2.45) is 0 Å². The third kappa shape index (κ3) is 3.86. The van der Waals surface area contributed by atoms with Crippen molar-refractivity contribution in [3.05, 3.63) is 41.0 Å². The maximum Gasteiger partial charge on any atom is 0.119 e. The number of ether oxygens (including phenoxy) is 1. The molecule has 2 nitrogen and oxygen atoms in total. The Hall–Kier alpha value is -1.28. The quantitative estimate of drug-likeness (QED) is 0.768. The van der Waals surface area contributed by atoms with Crippen molar-refractivity contribution >= 4 is 0 Å². The van der Waals surface area contributed by atoms with E-state index in [1.54, 1.807) is 12.7 Å². The Morgan fingerprint density at radius 2 is 2.15 bits per heavy atom. The molecule has 0 heterocycles. The van der Waals surface area contributed by atoms with E-state index < -0.39 is 0 Å². The van der Waals surface area contributed by atoms with Gasteiger partial charge in [-0.2, -0.15) is 0 Å². The van der Waals surface area contributed by atoms with E-state index >= 15 is 0 Å². The Bertz CT molecular complexity index is 464. The van der Waals surface area contributed by atoms with E-state index in [9.17, 15) is 0 Å². The van der Waals surface area contributed by atoms with Crippen molar-refractivity contribution in [1.29, 1.82) is 0 Å². The third-order valence-electron chi connectivity index (χ3n) is 4.15. The Morgan fingerprint density at radius 3 is 2.75 bits per heavy atom. The summed E-state index contributed by atoms with van der Waals surface area (Å²) in [5.74, 6) is 0.943. The Kier molecular flexibility index (Phi) is 5.66. The van der Waals surface area contributed by atoms with Crippen LogP contribution in [0.5, 0.6) is 5.75 Å². The lowest BCUT2D eigenvalue weighted by Crippen LogP contribution is -2.22. The first-order valence-electron chi connectivity index (χ1n) is 7.80. The van der Waals surface area contributed by atoms with Crippen LogP contribution < -0.4 is 10.1 Å². The molecule has 1 aromatic rings.